The summed E-state index contributed by atoms with van der Waals surface area (Å²) in [6.07, 6.45) is 7.80. The summed E-state index contributed by atoms with van der Waals surface area (Å²) in [7, 11) is 1.65. The van der Waals surface area contributed by atoms with Gasteiger partial charge in [0.1, 0.15) is 17.4 Å². The van der Waals surface area contributed by atoms with Gasteiger partial charge in [-0.1, -0.05) is 37.5 Å². The second-order valence-corrected chi connectivity index (χ2v) is 5.99. The zero-order valence-corrected chi connectivity index (χ0v) is 14.2. The zero-order valence-electron chi connectivity index (χ0n) is 14.2. The lowest BCUT2D eigenvalue weighted by molar-refractivity contribution is -0.118. The summed E-state index contributed by atoms with van der Waals surface area (Å²) >= 11 is 0. The molecule has 5 heteroatoms. The number of nitrogens with zero attached hydrogens (tertiary/aromatic N) is 1. The fourth-order valence-electron chi connectivity index (χ4n) is 2.95. The lowest BCUT2D eigenvalue weighted by Gasteiger charge is -2.22. The quantitative estimate of drug-likeness (QED) is 0.459. The molecule has 24 heavy (non-hydrogen) atoms. The Hall–Kier alpha value is -2.48. The molecule has 0 atom stereocenters. The Morgan fingerprint density at radius 1 is 1.33 bits per heavy atom. The number of ether oxygens (including phenoxy) is 1. The van der Waals surface area contributed by atoms with E-state index in [2.05, 4.69) is 10.6 Å². The summed E-state index contributed by atoms with van der Waals surface area (Å²) in [6.45, 7) is 0.627. The number of amides is 1. The molecule has 0 spiro atoms. The van der Waals surface area contributed by atoms with E-state index < -0.39 is 0 Å². The number of nitrogens with one attached hydrogen (secondary N) is 2. The molecule has 0 unspecified atom stereocenters. The van der Waals surface area contributed by atoms with Gasteiger partial charge in [0.25, 0.3) is 5.91 Å². The Morgan fingerprint density at radius 2 is 2.08 bits per heavy atom. The molecule has 5 nitrogen and oxygen atoms in total. The van der Waals surface area contributed by atoms with Gasteiger partial charge in [-0.05, 0) is 30.9 Å². The smallest absolute Gasteiger partial charge is 0.263 e. The average molecular weight is 327 g/mol. The van der Waals surface area contributed by atoms with Gasteiger partial charge in [0.15, 0.2) is 0 Å². The number of rotatable bonds is 7. The Bertz CT molecular complexity index is 613. The molecule has 0 radical (unpaired) electrons. The minimum absolute atomic E-state index is 0.126. The van der Waals surface area contributed by atoms with Crippen LogP contribution in [0.3, 0.4) is 0 Å². The molecule has 1 amide bonds. The first-order valence-electron chi connectivity index (χ1n) is 8.51. The van der Waals surface area contributed by atoms with Crippen LogP contribution in [-0.2, 0) is 11.2 Å². The third-order valence-electron chi connectivity index (χ3n) is 4.28. The molecular formula is C19H25N3O2. The van der Waals surface area contributed by atoms with Crippen LogP contribution < -0.4 is 15.4 Å². The Labute approximate surface area is 143 Å². The maximum absolute atomic E-state index is 12.1. The number of carbonyl (C=O) groups excluding carboxylic acids is 1. The minimum Gasteiger partial charge on any atom is -0.496 e. The van der Waals surface area contributed by atoms with Crippen molar-refractivity contribution in [3.8, 4) is 11.8 Å². The van der Waals surface area contributed by atoms with Crippen LogP contribution in [0.2, 0.25) is 0 Å². The normalized spacial score (nSPS) is 15.4. The van der Waals surface area contributed by atoms with Crippen molar-refractivity contribution in [2.45, 2.75) is 44.6 Å². The standard InChI is InChI=1S/C19H25N3O2/c1-24-18-10-6-5-7-15(18)11-12-21-14-16(13-20)19(23)22-17-8-3-2-4-9-17/h5-7,10,14,17,21H,2-4,8-9,11-12H2,1H3,(H,22,23)/b16-14-. The van der Waals surface area contributed by atoms with Gasteiger partial charge < -0.3 is 15.4 Å². The van der Waals surface area contributed by atoms with Crippen LogP contribution in [0.1, 0.15) is 37.7 Å². The van der Waals surface area contributed by atoms with E-state index in [-0.39, 0.29) is 17.5 Å². The summed E-state index contributed by atoms with van der Waals surface area (Å²) in [6, 6.07) is 10.00. The van der Waals surface area contributed by atoms with Crippen molar-refractivity contribution in [1.29, 1.82) is 5.26 Å². The molecule has 0 heterocycles. The number of nitriles is 1. The Morgan fingerprint density at radius 3 is 2.79 bits per heavy atom. The summed E-state index contributed by atoms with van der Waals surface area (Å²) in [4.78, 5) is 12.1. The molecule has 1 fully saturated rings. The molecule has 2 N–H and O–H groups in total. The second-order valence-electron chi connectivity index (χ2n) is 5.99. The van der Waals surface area contributed by atoms with E-state index in [0.717, 1.165) is 43.4 Å². The van der Waals surface area contributed by atoms with Crippen molar-refractivity contribution in [1.82, 2.24) is 10.6 Å². The molecule has 1 aromatic rings. The molecule has 1 aliphatic carbocycles. The number of hydrogen-bond acceptors (Lipinski definition) is 4. The highest BCUT2D eigenvalue weighted by atomic mass is 16.5. The number of methoxy groups -OCH3 is 1. The average Bonchev–Trinajstić information content (AvgIpc) is 2.62. The van der Waals surface area contributed by atoms with Gasteiger partial charge in [0.05, 0.1) is 7.11 Å². The molecule has 0 aromatic heterocycles. The monoisotopic (exact) mass is 327 g/mol. The molecule has 0 aliphatic heterocycles. The Kier molecular flexibility index (Phi) is 7.16. The maximum atomic E-state index is 12.1. The Balaban J connectivity index is 1.82. The van der Waals surface area contributed by atoms with E-state index in [9.17, 15) is 10.1 Å². The first kappa shape index (κ1) is 17.9. The van der Waals surface area contributed by atoms with Crippen molar-refractivity contribution in [2.75, 3.05) is 13.7 Å². The van der Waals surface area contributed by atoms with Crippen LogP contribution in [0.15, 0.2) is 36.0 Å². The van der Waals surface area contributed by atoms with Crippen LogP contribution in [-0.4, -0.2) is 25.6 Å². The van der Waals surface area contributed by atoms with Crippen LogP contribution in [0.5, 0.6) is 5.75 Å². The van der Waals surface area contributed by atoms with E-state index in [1.54, 1.807) is 7.11 Å². The molecule has 1 aromatic carbocycles. The van der Waals surface area contributed by atoms with Crippen LogP contribution >= 0.6 is 0 Å². The van der Waals surface area contributed by atoms with E-state index in [0.29, 0.717) is 6.54 Å². The molecule has 0 saturated heterocycles. The van der Waals surface area contributed by atoms with Crippen LogP contribution in [0.4, 0.5) is 0 Å². The third kappa shape index (κ3) is 5.31. The summed E-state index contributed by atoms with van der Waals surface area (Å²) in [5.74, 6) is 0.563. The highest BCUT2D eigenvalue weighted by molar-refractivity contribution is 5.97. The first-order chi connectivity index (χ1) is 11.7. The van der Waals surface area contributed by atoms with Crippen LogP contribution in [0, 0.1) is 11.3 Å². The first-order valence-corrected chi connectivity index (χ1v) is 8.51. The molecule has 2 rings (SSSR count). The van der Waals surface area contributed by atoms with E-state index >= 15 is 0 Å². The molecule has 1 saturated carbocycles. The number of hydrogen-bond donors (Lipinski definition) is 2. The molecule has 0 bridgehead atoms. The summed E-state index contributed by atoms with van der Waals surface area (Å²) in [5.41, 5.74) is 1.21. The van der Waals surface area contributed by atoms with Gasteiger partial charge >= 0.3 is 0 Å². The van der Waals surface area contributed by atoms with Crippen molar-refractivity contribution in [3.05, 3.63) is 41.6 Å². The predicted molar refractivity (Wildman–Crippen MR) is 93.4 cm³/mol. The van der Waals surface area contributed by atoms with E-state index in [1.807, 2.05) is 30.3 Å². The summed E-state index contributed by atoms with van der Waals surface area (Å²) in [5, 5.41) is 15.2. The highest BCUT2D eigenvalue weighted by Gasteiger charge is 2.17. The SMILES string of the molecule is COc1ccccc1CCN/C=C(/C#N)C(=O)NC1CCCCC1. The fourth-order valence-corrected chi connectivity index (χ4v) is 2.95. The van der Waals surface area contributed by atoms with Gasteiger partial charge in [-0.3, -0.25) is 4.79 Å². The van der Waals surface area contributed by atoms with Gasteiger partial charge in [0.2, 0.25) is 0 Å². The van der Waals surface area contributed by atoms with Gasteiger partial charge in [-0.15, -0.1) is 0 Å². The topological polar surface area (TPSA) is 74.1 Å². The van der Waals surface area contributed by atoms with Crippen molar-refractivity contribution < 1.29 is 9.53 Å². The lowest BCUT2D eigenvalue weighted by Crippen LogP contribution is -2.37. The second kappa shape index (κ2) is 9.61. The van der Waals surface area contributed by atoms with Gasteiger partial charge in [-0.2, -0.15) is 5.26 Å². The maximum Gasteiger partial charge on any atom is 0.263 e. The summed E-state index contributed by atoms with van der Waals surface area (Å²) < 4.78 is 5.31. The fraction of sp³-hybridized carbons (Fsp3) is 0.474. The van der Waals surface area contributed by atoms with Crippen molar-refractivity contribution in [3.63, 3.8) is 0 Å². The lowest BCUT2D eigenvalue weighted by atomic mass is 9.95. The van der Waals surface area contributed by atoms with Crippen molar-refractivity contribution in [2.24, 2.45) is 0 Å². The highest BCUT2D eigenvalue weighted by Crippen LogP contribution is 2.18. The van der Waals surface area contributed by atoms with Gasteiger partial charge in [-0.25, -0.2) is 0 Å². The molecule has 128 valence electrons. The molecular weight excluding hydrogens is 302 g/mol. The van der Waals surface area contributed by atoms with E-state index in [1.165, 1.54) is 12.6 Å². The van der Waals surface area contributed by atoms with Crippen molar-refractivity contribution >= 4 is 5.91 Å². The number of benzene rings is 1. The zero-order chi connectivity index (χ0) is 17.2. The largest absolute Gasteiger partial charge is 0.496 e. The third-order valence-corrected chi connectivity index (χ3v) is 4.28. The van der Waals surface area contributed by atoms with Crippen LogP contribution in [0.25, 0.3) is 0 Å². The minimum atomic E-state index is -0.283. The van der Waals surface area contributed by atoms with E-state index in [4.69, 9.17) is 4.74 Å². The number of carbonyl (C=O) groups is 1. The molecule has 1 aliphatic rings. The number of para-hydroxylation sites is 1. The predicted octanol–water partition coefficient (Wildman–Crippen LogP) is 2.68. The van der Waals surface area contributed by atoms with Gasteiger partial charge in [0, 0.05) is 18.8 Å².